The maximum Gasteiger partial charge on any atom is 0.416 e. The number of rotatable bonds is 12. The fourth-order valence-electron chi connectivity index (χ4n) is 4.87. The van der Waals surface area contributed by atoms with Crippen molar-refractivity contribution in [2.24, 2.45) is 0 Å². The standard InChI is InChI=1S/C34H33F3N2O4/c1-22-18-30(19-23(2)32(22)25-8-12-27(13-9-25)34(35,36)37)43-21-29(20-24-6-4-3-5-7-24)39-28-14-10-26(11-15-28)33(42)38-17-16-31(40)41/h3-15,18-19,29,39H,16-17,20-21H2,1-2H3,(H,38,42)(H,40,41). The van der Waals surface area contributed by atoms with E-state index in [2.05, 4.69) is 10.6 Å². The number of anilines is 1. The van der Waals surface area contributed by atoms with Crippen LogP contribution in [0.25, 0.3) is 11.1 Å². The molecule has 4 aromatic carbocycles. The molecule has 9 heteroatoms. The van der Waals surface area contributed by atoms with Crippen LogP contribution < -0.4 is 15.4 Å². The van der Waals surface area contributed by atoms with Crippen molar-refractivity contribution in [2.45, 2.75) is 38.9 Å². The summed E-state index contributed by atoms with van der Waals surface area (Å²) in [7, 11) is 0. The van der Waals surface area contributed by atoms with Gasteiger partial charge in [-0.3, -0.25) is 9.59 Å². The van der Waals surface area contributed by atoms with Gasteiger partial charge in [-0.05, 0) is 96.6 Å². The first kappa shape index (κ1) is 31.2. The van der Waals surface area contributed by atoms with Gasteiger partial charge in [-0.2, -0.15) is 13.2 Å². The summed E-state index contributed by atoms with van der Waals surface area (Å²) in [5, 5.41) is 14.8. The molecule has 0 saturated carbocycles. The second kappa shape index (κ2) is 13.9. The topological polar surface area (TPSA) is 87.7 Å². The Morgan fingerprint density at radius 2 is 1.51 bits per heavy atom. The van der Waals surface area contributed by atoms with Crippen LogP contribution in [0.3, 0.4) is 0 Å². The monoisotopic (exact) mass is 590 g/mol. The van der Waals surface area contributed by atoms with E-state index in [0.717, 1.165) is 40.1 Å². The maximum atomic E-state index is 13.0. The van der Waals surface area contributed by atoms with Gasteiger partial charge in [-0.1, -0.05) is 42.5 Å². The fourth-order valence-corrected chi connectivity index (χ4v) is 4.87. The van der Waals surface area contributed by atoms with Gasteiger partial charge in [0, 0.05) is 17.8 Å². The van der Waals surface area contributed by atoms with Crippen LogP contribution in [0.4, 0.5) is 18.9 Å². The number of hydrogen-bond donors (Lipinski definition) is 3. The number of carbonyl (C=O) groups excluding carboxylic acids is 1. The van der Waals surface area contributed by atoms with Crippen molar-refractivity contribution in [2.75, 3.05) is 18.5 Å². The Hall–Kier alpha value is -4.79. The highest BCUT2D eigenvalue weighted by atomic mass is 19.4. The predicted octanol–water partition coefficient (Wildman–Crippen LogP) is 7.30. The Morgan fingerprint density at radius 3 is 2.09 bits per heavy atom. The van der Waals surface area contributed by atoms with Gasteiger partial charge in [-0.25, -0.2) is 0 Å². The number of nitrogens with one attached hydrogen (secondary N) is 2. The average molecular weight is 591 g/mol. The molecule has 0 radical (unpaired) electrons. The van der Waals surface area contributed by atoms with E-state index in [-0.39, 0.29) is 24.9 Å². The second-order valence-electron chi connectivity index (χ2n) is 10.3. The Bertz CT molecular complexity index is 1510. The van der Waals surface area contributed by atoms with E-state index in [1.165, 1.54) is 12.1 Å². The molecule has 0 fully saturated rings. The molecule has 6 nitrogen and oxygen atoms in total. The largest absolute Gasteiger partial charge is 0.491 e. The highest BCUT2D eigenvalue weighted by Crippen LogP contribution is 2.34. The number of carboxylic acid groups (broad SMARTS) is 1. The van der Waals surface area contributed by atoms with Crippen molar-refractivity contribution < 1.29 is 32.6 Å². The van der Waals surface area contributed by atoms with Crippen LogP contribution in [0.15, 0.2) is 91.0 Å². The third kappa shape index (κ3) is 8.85. The summed E-state index contributed by atoms with van der Waals surface area (Å²) < 4.78 is 45.3. The first-order valence-electron chi connectivity index (χ1n) is 13.8. The lowest BCUT2D eigenvalue weighted by Crippen LogP contribution is -2.29. The Kier molecular flexibility index (Phi) is 10.1. The minimum absolute atomic E-state index is 0.0505. The van der Waals surface area contributed by atoms with Crippen LogP contribution in [0.2, 0.25) is 0 Å². The van der Waals surface area contributed by atoms with Crippen molar-refractivity contribution in [1.82, 2.24) is 5.32 Å². The summed E-state index contributed by atoms with van der Waals surface area (Å²) in [5.74, 6) is -0.673. The molecule has 4 rings (SSSR count). The minimum Gasteiger partial charge on any atom is -0.491 e. The molecule has 3 N–H and O–H groups in total. The zero-order valence-electron chi connectivity index (χ0n) is 23.9. The van der Waals surface area contributed by atoms with E-state index in [9.17, 15) is 22.8 Å². The predicted molar refractivity (Wildman–Crippen MR) is 160 cm³/mol. The Labute approximate surface area is 248 Å². The first-order chi connectivity index (χ1) is 20.5. The molecule has 0 aliphatic rings. The van der Waals surface area contributed by atoms with Crippen LogP contribution >= 0.6 is 0 Å². The summed E-state index contributed by atoms with van der Waals surface area (Å²) in [4.78, 5) is 23.0. The van der Waals surface area contributed by atoms with Gasteiger partial charge in [0.25, 0.3) is 5.91 Å². The van der Waals surface area contributed by atoms with E-state index in [1.54, 1.807) is 24.3 Å². The van der Waals surface area contributed by atoms with E-state index in [1.807, 2.05) is 56.3 Å². The summed E-state index contributed by atoms with van der Waals surface area (Å²) in [6.07, 6.45) is -3.87. The molecule has 0 saturated heterocycles. The molecule has 1 unspecified atom stereocenters. The summed E-state index contributed by atoms with van der Waals surface area (Å²) >= 11 is 0. The first-order valence-corrected chi connectivity index (χ1v) is 13.8. The zero-order valence-corrected chi connectivity index (χ0v) is 23.9. The molecule has 1 amide bonds. The number of amides is 1. The molecule has 0 aromatic heterocycles. The van der Waals surface area contributed by atoms with Gasteiger partial charge in [0.2, 0.25) is 0 Å². The normalized spacial score (nSPS) is 11.9. The van der Waals surface area contributed by atoms with Gasteiger partial charge in [0.15, 0.2) is 0 Å². The highest BCUT2D eigenvalue weighted by molar-refractivity contribution is 5.94. The van der Waals surface area contributed by atoms with Gasteiger partial charge >= 0.3 is 12.1 Å². The number of alkyl halides is 3. The van der Waals surface area contributed by atoms with Crippen molar-refractivity contribution in [3.8, 4) is 16.9 Å². The summed E-state index contributed by atoms with van der Waals surface area (Å²) in [6.45, 7) is 4.19. The Balaban J connectivity index is 1.46. The number of carboxylic acids is 1. The van der Waals surface area contributed by atoms with Crippen LogP contribution in [-0.2, 0) is 17.4 Å². The van der Waals surface area contributed by atoms with Crippen LogP contribution in [0.1, 0.15) is 39.0 Å². The smallest absolute Gasteiger partial charge is 0.416 e. The summed E-state index contributed by atoms with van der Waals surface area (Å²) in [6, 6.07) is 25.7. The lowest BCUT2D eigenvalue weighted by Gasteiger charge is -2.22. The molecule has 0 aliphatic heterocycles. The van der Waals surface area contributed by atoms with E-state index >= 15 is 0 Å². The lowest BCUT2D eigenvalue weighted by atomic mass is 9.94. The SMILES string of the molecule is Cc1cc(OCC(Cc2ccccc2)Nc2ccc(C(=O)NCCC(=O)O)cc2)cc(C)c1-c1ccc(C(F)(F)F)cc1. The third-order valence-corrected chi connectivity index (χ3v) is 6.93. The number of hydrogen-bond acceptors (Lipinski definition) is 4. The van der Waals surface area contributed by atoms with Gasteiger partial charge in [0.05, 0.1) is 18.0 Å². The molecule has 0 aliphatic carbocycles. The number of aliphatic carboxylic acids is 1. The van der Waals surface area contributed by atoms with E-state index in [0.29, 0.717) is 29.9 Å². The van der Waals surface area contributed by atoms with Gasteiger partial charge in [-0.15, -0.1) is 0 Å². The summed E-state index contributed by atoms with van der Waals surface area (Å²) in [5.41, 5.74) is 4.99. The second-order valence-corrected chi connectivity index (χ2v) is 10.3. The number of halogens is 3. The maximum absolute atomic E-state index is 13.0. The average Bonchev–Trinajstić information content (AvgIpc) is 2.96. The molecule has 1 atom stereocenters. The molecule has 0 spiro atoms. The zero-order chi connectivity index (χ0) is 31.0. The third-order valence-electron chi connectivity index (χ3n) is 6.93. The highest BCUT2D eigenvalue weighted by Gasteiger charge is 2.30. The fraction of sp³-hybridized carbons (Fsp3) is 0.235. The van der Waals surface area contributed by atoms with Gasteiger partial charge in [0.1, 0.15) is 12.4 Å². The molecular weight excluding hydrogens is 557 g/mol. The van der Waals surface area contributed by atoms with Crippen LogP contribution in [-0.4, -0.2) is 36.2 Å². The molecule has 43 heavy (non-hydrogen) atoms. The number of aryl methyl sites for hydroxylation is 2. The van der Waals surface area contributed by atoms with Crippen molar-refractivity contribution in [3.63, 3.8) is 0 Å². The minimum atomic E-state index is -4.38. The van der Waals surface area contributed by atoms with Crippen LogP contribution in [0, 0.1) is 13.8 Å². The molecular formula is C34H33F3N2O4. The van der Waals surface area contributed by atoms with Crippen molar-refractivity contribution in [3.05, 3.63) is 119 Å². The van der Waals surface area contributed by atoms with E-state index < -0.39 is 17.7 Å². The van der Waals surface area contributed by atoms with Gasteiger partial charge < -0.3 is 20.5 Å². The van der Waals surface area contributed by atoms with Crippen molar-refractivity contribution >= 4 is 17.6 Å². The molecule has 0 heterocycles. The van der Waals surface area contributed by atoms with Crippen molar-refractivity contribution in [1.29, 1.82) is 0 Å². The lowest BCUT2D eigenvalue weighted by molar-refractivity contribution is -0.138. The quantitative estimate of drug-likeness (QED) is 0.161. The number of ether oxygens (including phenoxy) is 1. The molecule has 0 bridgehead atoms. The molecule has 224 valence electrons. The van der Waals surface area contributed by atoms with E-state index in [4.69, 9.17) is 9.84 Å². The Morgan fingerprint density at radius 1 is 0.884 bits per heavy atom. The number of carbonyl (C=O) groups is 2. The van der Waals surface area contributed by atoms with Crippen LogP contribution in [0.5, 0.6) is 5.75 Å². The number of benzene rings is 4. The molecule has 4 aromatic rings.